The van der Waals surface area contributed by atoms with Crippen LogP contribution in [0, 0.1) is 0 Å². The summed E-state index contributed by atoms with van der Waals surface area (Å²) in [5, 5.41) is 12.6. The van der Waals surface area contributed by atoms with Gasteiger partial charge in [0.2, 0.25) is 6.41 Å². The number of hydrogen-bond acceptors (Lipinski definition) is 4. The van der Waals surface area contributed by atoms with Crippen molar-refractivity contribution in [3.8, 4) is 0 Å². The van der Waals surface area contributed by atoms with E-state index in [0.29, 0.717) is 24.3 Å². The molecule has 0 aliphatic heterocycles. The Morgan fingerprint density at radius 2 is 2.05 bits per heavy atom. The number of nitrogens with one attached hydrogen (secondary N) is 1. The smallest absolute Gasteiger partial charge is 0.407 e. The largest absolute Gasteiger partial charge is 0.444 e. The molecule has 0 bridgehead atoms. The first-order chi connectivity index (χ1) is 10.4. The lowest BCUT2D eigenvalue weighted by Gasteiger charge is -2.26. The SMILES string of the molecule is CCC(C)(C)OC(=O)N[C@@H](Cc1ccccc1)CN(O)C=O. The quantitative estimate of drug-likeness (QED) is 0.439. The van der Waals surface area contributed by atoms with Gasteiger partial charge in [0, 0.05) is 0 Å². The Kier molecular flexibility index (Phi) is 6.85. The topological polar surface area (TPSA) is 78.9 Å². The summed E-state index contributed by atoms with van der Waals surface area (Å²) in [5.41, 5.74) is 0.423. The van der Waals surface area contributed by atoms with Crippen LogP contribution in [0.2, 0.25) is 0 Å². The van der Waals surface area contributed by atoms with Crippen LogP contribution >= 0.6 is 0 Å². The highest BCUT2D eigenvalue weighted by atomic mass is 16.6. The number of ether oxygens (including phenoxy) is 1. The molecule has 0 aliphatic carbocycles. The number of amides is 2. The molecule has 0 unspecified atom stereocenters. The van der Waals surface area contributed by atoms with Gasteiger partial charge in [0.05, 0.1) is 12.6 Å². The average Bonchev–Trinajstić information content (AvgIpc) is 2.47. The van der Waals surface area contributed by atoms with Crippen molar-refractivity contribution in [3.63, 3.8) is 0 Å². The Morgan fingerprint density at radius 3 is 2.59 bits per heavy atom. The van der Waals surface area contributed by atoms with E-state index >= 15 is 0 Å². The standard InChI is InChI=1S/C16H24N2O4/c1-4-16(2,3)22-15(20)17-14(11-18(21)12-19)10-13-8-6-5-7-9-13/h5-9,12,14,21H,4,10-11H2,1-3H3,(H,17,20)/t14-/m0/s1. The fourth-order valence-corrected chi connectivity index (χ4v) is 1.85. The molecule has 0 aromatic heterocycles. The summed E-state index contributed by atoms with van der Waals surface area (Å²) in [6.07, 6.45) is 0.908. The summed E-state index contributed by atoms with van der Waals surface area (Å²) in [6, 6.07) is 9.06. The molecule has 0 aliphatic rings. The molecule has 22 heavy (non-hydrogen) atoms. The molecule has 1 aromatic rings. The summed E-state index contributed by atoms with van der Waals surface area (Å²) in [5.74, 6) is 0. The molecule has 0 radical (unpaired) electrons. The van der Waals surface area contributed by atoms with Crippen LogP contribution in [-0.2, 0) is 16.0 Å². The molecule has 2 amide bonds. The third-order valence-electron chi connectivity index (χ3n) is 3.40. The van der Waals surface area contributed by atoms with Gasteiger partial charge in [-0.25, -0.2) is 9.86 Å². The number of hydroxylamine groups is 2. The molecule has 0 spiro atoms. The van der Waals surface area contributed by atoms with Crippen LogP contribution in [-0.4, -0.2) is 41.0 Å². The van der Waals surface area contributed by atoms with Gasteiger partial charge in [-0.15, -0.1) is 0 Å². The Hall–Kier alpha value is -2.08. The first kappa shape index (κ1) is 18.0. The lowest BCUT2D eigenvalue weighted by Crippen LogP contribution is -2.46. The van der Waals surface area contributed by atoms with Crippen molar-refractivity contribution < 1.29 is 19.5 Å². The molecule has 1 rings (SSSR count). The summed E-state index contributed by atoms with van der Waals surface area (Å²) in [4.78, 5) is 22.6. The van der Waals surface area contributed by atoms with Gasteiger partial charge in [0.15, 0.2) is 0 Å². The minimum atomic E-state index is -0.565. The lowest BCUT2D eigenvalue weighted by atomic mass is 10.1. The zero-order valence-corrected chi connectivity index (χ0v) is 13.3. The van der Waals surface area contributed by atoms with Crippen molar-refractivity contribution in [2.45, 2.75) is 45.3 Å². The Morgan fingerprint density at radius 1 is 1.41 bits per heavy atom. The van der Waals surface area contributed by atoms with Crippen molar-refractivity contribution in [1.29, 1.82) is 0 Å². The van der Waals surface area contributed by atoms with Gasteiger partial charge < -0.3 is 10.1 Å². The fraction of sp³-hybridized carbons (Fsp3) is 0.500. The van der Waals surface area contributed by atoms with E-state index in [1.165, 1.54) is 0 Å². The summed E-state index contributed by atoms with van der Waals surface area (Å²) in [7, 11) is 0. The molecule has 0 fully saturated rings. The van der Waals surface area contributed by atoms with Crippen LogP contribution in [0.4, 0.5) is 4.79 Å². The van der Waals surface area contributed by atoms with Gasteiger partial charge in [-0.2, -0.15) is 0 Å². The van der Waals surface area contributed by atoms with Gasteiger partial charge in [0.1, 0.15) is 5.60 Å². The molecular weight excluding hydrogens is 284 g/mol. The van der Waals surface area contributed by atoms with E-state index in [9.17, 15) is 14.8 Å². The van der Waals surface area contributed by atoms with Gasteiger partial charge in [-0.1, -0.05) is 37.3 Å². The predicted octanol–water partition coefficient (Wildman–Crippen LogP) is 2.36. The van der Waals surface area contributed by atoms with Crippen LogP contribution in [0.25, 0.3) is 0 Å². The van der Waals surface area contributed by atoms with Crippen molar-refractivity contribution in [2.24, 2.45) is 0 Å². The van der Waals surface area contributed by atoms with Crippen LogP contribution in [0.5, 0.6) is 0 Å². The van der Waals surface area contributed by atoms with Crippen molar-refractivity contribution in [2.75, 3.05) is 6.54 Å². The van der Waals surface area contributed by atoms with Gasteiger partial charge >= 0.3 is 6.09 Å². The van der Waals surface area contributed by atoms with Crippen LogP contribution in [0.3, 0.4) is 0 Å². The van der Waals surface area contributed by atoms with E-state index in [4.69, 9.17) is 4.74 Å². The van der Waals surface area contributed by atoms with E-state index in [1.807, 2.05) is 51.1 Å². The summed E-state index contributed by atoms with van der Waals surface area (Å²) < 4.78 is 5.33. The minimum absolute atomic E-state index is 0.0138. The Balaban J connectivity index is 2.69. The average molecular weight is 308 g/mol. The Labute approximate surface area is 131 Å². The lowest BCUT2D eigenvalue weighted by molar-refractivity contribution is -0.151. The second-order valence-corrected chi connectivity index (χ2v) is 5.76. The maximum absolute atomic E-state index is 12.0. The molecule has 1 atom stereocenters. The fourth-order valence-electron chi connectivity index (χ4n) is 1.85. The van der Waals surface area contributed by atoms with Crippen LogP contribution in [0.1, 0.15) is 32.8 Å². The first-order valence-electron chi connectivity index (χ1n) is 7.30. The van der Waals surface area contributed by atoms with Gasteiger partial charge in [-0.3, -0.25) is 10.0 Å². The number of nitrogens with zero attached hydrogens (tertiary/aromatic N) is 1. The highest BCUT2D eigenvalue weighted by Gasteiger charge is 2.23. The molecule has 0 saturated carbocycles. The Bertz CT molecular complexity index is 476. The van der Waals surface area contributed by atoms with Gasteiger partial charge in [-0.05, 0) is 32.3 Å². The van der Waals surface area contributed by atoms with Crippen LogP contribution in [0.15, 0.2) is 30.3 Å². The molecule has 2 N–H and O–H groups in total. The highest BCUT2D eigenvalue weighted by molar-refractivity contribution is 5.68. The maximum atomic E-state index is 12.0. The van der Waals surface area contributed by atoms with Crippen molar-refractivity contribution in [1.82, 2.24) is 10.4 Å². The first-order valence-corrected chi connectivity index (χ1v) is 7.30. The number of alkyl carbamates (subject to hydrolysis) is 1. The monoisotopic (exact) mass is 308 g/mol. The molecule has 1 aromatic carbocycles. The van der Waals surface area contributed by atoms with Crippen LogP contribution < -0.4 is 5.32 Å². The maximum Gasteiger partial charge on any atom is 0.407 e. The molecular formula is C16H24N2O4. The zero-order chi connectivity index (χ0) is 16.6. The van der Waals surface area contributed by atoms with Crippen molar-refractivity contribution >= 4 is 12.5 Å². The summed E-state index contributed by atoms with van der Waals surface area (Å²) in [6.45, 7) is 5.56. The van der Waals surface area contributed by atoms with E-state index in [0.717, 1.165) is 5.56 Å². The third kappa shape index (κ3) is 6.58. The van der Waals surface area contributed by atoms with E-state index in [1.54, 1.807) is 0 Å². The van der Waals surface area contributed by atoms with Crippen molar-refractivity contribution in [3.05, 3.63) is 35.9 Å². The molecule has 6 nitrogen and oxygen atoms in total. The number of carbonyl (C=O) groups is 2. The second-order valence-electron chi connectivity index (χ2n) is 5.76. The number of carbonyl (C=O) groups excluding carboxylic acids is 2. The number of benzene rings is 1. The third-order valence-corrected chi connectivity index (χ3v) is 3.40. The minimum Gasteiger partial charge on any atom is -0.444 e. The molecule has 0 saturated heterocycles. The number of hydrogen-bond donors (Lipinski definition) is 2. The highest BCUT2D eigenvalue weighted by Crippen LogP contribution is 2.14. The van der Waals surface area contributed by atoms with E-state index in [-0.39, 0.29) is 6.54 Å². The summed E-state index contributed by atoms with van der Waals surface area (Å²) >= 11 is 0. The zero-order valence-electron chi connectivity index (χ0n) is 13.3. The number of rotatable bonds is 8. The van der Waals surface area contributed by atoms with E-state index in [2.05, 4.69) is 5.32 Å². The van der Waals surface area contributed by atoms with Gasteiger partial charge in [0.25, 0.3) is 0 Å². The molecule has 0 heterocycles. The molecule has 122 valence electrons. The normalized spacial score (nSPS) is 12.4. The predicted molar refractivity (Wildman–Crippen MR) is 82.5 cm³/mol. The molecule has 6 heteroatoms. The second kappa shape index (κ2) is 8.38. The van der Waals surface area contributed by atoms with E-state index < -0.39 is 17.7 Å².